The van der Waals surface area contributed by atoms with Gasteiger partial charge in [0.1, 0.15) is 29.6 Å². The third-order valence-electron chi connectivity index (χ3n) is 9.41. The van der Waals surface area contributed by atoms with E-state index in [0.717, 1.165) is 36.3 Å². The molecule has 6 rings (SSSR count). The summed E-state index contributed by atoms with van der Waals surface area (Å²) in [5, 5.41) is 9.51. The number of carbonyl (C=O) groups excluding carboxylic acids is 2. The summed E-state index contributed by atoms with van der Waals surface area (Å²) in [5.74, 6) is 1.70. The Hall–Kier alpha value is -4.17. The summed E-state index contributed by atoms with van der Waals surface area (Å²) in [6, 6.07) is 7.98. The smallest absolute Gasteiger partial charge is 0.319 e. The first-order valence-corrected chi connectivity index (χ1v) is 15.1. The van der Waals surface area contributed by atoms with Crippen molar-refractivity contribution in [1.82, 2.24) is 19.8 Å². The third kappa shape index (κ3) is 5.29. The molecule has 2 fully saturated rings. The second-order valence-electron chi connectivity index (χ2n) is 11.8. The zero-order valence-corrected chi connectivity index (χ0v) is 24.9. The number of ketones is 1. The lowest BCUT2D eigenvalue weighted by Crippen LogP contribution is -2.55. The number of hydrogen-bond acceptors (Lipinski definition) is 10. The number of piperazine rings is 1. The van der Waals surface area contributed by atoms with Crippen LogP contribution in [0.15, 0.2) is 30.9 Å². The van der Waals surface area contributed by atoms with Crippen molar-refractivity contribution in [2.24, 2.45) is 0 Å². The van der Waals surface area contributed by atoms with E-state index in [4.69, 9.17) is 24.2 Å². The largest absolute Gasteiger partial charge is 0.496 e. The number of benzene rings is 1. The fraction of sp³-hybridized carbons (Fsp3) is 0.531. The molecule has 11 nitrogen and oxygen atoms in total. The molecule has 0 N–H and O–H groups in total. The Morgan fingerprint density at radius 2 is 2.02 bits per heavy atom. The van der Waals surface area contributed by atoms with Crippen molar-refractivity contribution in [1.29, 1.82) is 5.26 Å². The standard InChI is InChI=1S/C32H38N6O5/c1-4-27(39)38-18-17-37(19-21(38)12-15-33)30-24-11-14-32(13-10-23-25(41-3)8-5-9-26(23)43-32)29(40)28(24)34-31(35-30)42-20-22-7-6-16-36(22)2/h4-5,8-9,21-22H,1,6-7,10-14,16-20H2,2-3H3/t21?,22?,32-/m0/s1. The number of rotatable bonds is 7. The monoisotopic (exact) mass is 586 g/mol. The molecule has 3 aliphatic heterocycles. The second-order valence-corrected chi connectivity index (χ2v) is 11.8. The van der Waals surface area contributed by atoms with Crippen LogP contribution in [0.4, 0.5) is 5.82 Å². The first-order chi connectivity index (χ1) is 20.9. The molecule has 0 bridgehead atoms. The van der Waals surface area contributed by atoms with Gasteiger partial charge in [0.05, 0.1) is 25.6 Å². The number of aromatic nitrogens is 2. The highest BCUT2D eigenvalue weighted by molar-refractivity contribution is 6.04. The first-order valence-electron chi connectivity index (χ1n) is 15.1. The lowest BCUT2D eigenvalue weighted by Gasteiger charge is -2.43. The predicted octanol–water partition coefficient (Wildman–Crippen LogP) is 2.97. The lowest BCUT2D eigenvalue weighted by molar-refractivity contribution is -0.128. The van der Waals surface area contributed by atoms with Crippen LogP contribution in [-0.4, -0.2) is 96.1 Å². The number of hydrogen-bond donors (Lipinski definition) is 0. The summed E-state index contributed by atoms with van der Waals surface area (Å²) >= 11 is 0. The van der Waals surface area contributed by atoms with E-state index in [2.05, 4.69) is 29.5 Å². The van der Waals surface area contributed by atoms with Gasteiger partial charge in [-0.25, -0.2) is 0 Å². The van der Waals surface area contributed by atoms with Gasteiger partial charge >= 0.3 is 6.01 Å². The average Bonchev–Trinajstić information content (AvgIpc) is 3.45. The van der Waals surface area contributed by atoms with Gasteiger partial charge in [0.15, 0.2) is 5.60 Å². The number of fused-ring (bicyclic) bond motifs is 2. The maximum atomic E-state index is 14.4. The fourth-order valence-electron chi connectivity index (χ4n) is 6.95. The molecule has 1 aromatic heterocycles. The zero-order chi connectivity index (χ0) is 30.1. The number of ether oxygens (including phenoxy) is 3. The van der Waals surface area contributed by atoms with E-state index in [1.165, 1.54) is 6.08 Å². The Morgan fingerprint density at radius 1 is 1.21 bits per heavy atom. The molecule has 2 aromatic rings. The zero-order valence-electron chi connectivity index (χ0n) is 24.9. The minimum absolute atomic E-state index is 0.164. The molecule has 1 aromatic carbocycles. The number of likely N-dealkylation sites (tertiary alicyclic amines) is 1. The molecule has 2 unspecified atom stereocenters. The minimum atomic E-state index is -1.03. The Morgan fingerprint density at radius 3 is 2.74 bits per heavy atom. The predicted molar refractivity (Wildman–Crippen MR) is 159 cm³/mol. The van der Waals surface area contributed by atoms with Gasteiger partial charge in [0.2, 0.25) is 11.7 Å². The molecule has 4 heterocycles. The highest BCUT2D eigenvalue weighted by Crippen LogP contribution is 2.45. The highest BCUT2D eigenvalue weighted by Gasteiger charge is 2.49. The van der Waals surface area contributed by atoms with Crippen LogP contribution in [-0.2, 0) is 17.6 Å². The Labute approximate surface area is 252 Å². The summed E-state index contributed by atoms with van der Waals surface area (Å²) in [6.07, 6.45) is 5.83. The average molecular weight is 587 g/mol. The molecule has 1 aliphatic carbocycles. The van der Waals surface area contributed by atoms with Crippen molar-refractivity contribution >= 4 is 17.5 Å². The van der Waals surface area contributed by atoms with Gasteiger partial charge in [0.25, 0.3) is 0 Å². The van der Waals surface area contributed by atoms with Crippen LogP contribution < -0.4 is 19.1 Å². The number of likely N-dealkylation sites (N-methyl/N-ethyl adjacent to an activating group) is 1. The quantitative estimate of drug-likeness (QED) is 0.448. The lowest BCUT2D eigenvalue weighted by atomic mass is 9.76. The minimum Gasteiger partial charge on any atom is -0.496 e. The van der Waals surface area contributed by atoms with Gasteiger partial charge in [0, 0.05) is 36.8 Å². The topological polar surface area (TPSA) is 121 Å². The number of carbonyl (C=O) groups is 2. The number of amides is 1. The number of nitrogens with zero attached hydrogens (tertiary/aromatic N) is 6. The molecule has 0 saturated carbocycles. The SMILES string of the molecule is C=CC(=O)N1CCN(c2nc(OCC3CCCN3C)nc3c2CC[C@@]2(CCc4c(OC)cccc4O2)C3=O)CC1CC#N. The molecule has 226 valence electrons. The number of anilines is 1. The molecule has 0 radical (unpaired) electrons. The van der Waals surface area contributed by atoms with Crippen molar-refractivity contribution in [2.75, 3.05) is 51.8 Å². The van der Waals surface area contributed by atoms with Crippen molar-refractivity contribution in [3.8, 4) is 23.6 Å². The maximum absolute atomic E-state index is 14.4. The Bertz CT molecular complexity index is 1470. The van der Waals surface area contributed by atoms with Crippen molar-refractivity contribution < 1.29 is 23.8 Å². The fourth-order valence-corrected chi connectivity index (χ4v) is 6.95. The van der Waals surface area contributed by atoms with Gasteiger partial charge in [-0.2, -0.15) is 15.2 Å². The Balaban J connectivity index is 1.35. The molecule has 3 atom stereocenters. The molecule has 4 aliphatic rings. The van der Waals surface area contributed by atoms with Crippen molar-refractivity contribution in [3.05, 3.63) is 47.7 Å². The van der Waals surface area contributed by atoms with Crippen LogP contribution in [0.3, 0.4) is 0 Å². The van der Waals surface area contributed by atoms with Gasteiger partial charge < -0.3 is 28.9 Å². The number of Topliss-reactive ketones (excluding diaryl/α,β-unsaturated/α-hetero) is 1. The highest BCUT2D eigenvalue weighted by atomic mass is 16.5. The van der Waals surface area contributed by atoms with Crippen LogP contribution in [0, 0.1) is 11.3 Å². The molecular formula is C32H38N6O5. The van der Waals surface area contributed by atoms with Crippen molar-refractivity contribution in [3.63, 3.8) is 0 Å². The van der Waals surface area contributed by atoms with Gasteiger partial charge in [-0.05, 0) is 70.3 Å². The van der Waals surface area contributed by atoms with E-state index in [1.807, 2.05) is 18.2 Å². The van der Waals surface area contributed by atoms with Gasteiger partial charge in [-0.3, -0.25) is 9.59 Å². The van der Waals surface area contributed by atoms with Crippen molar-refractivity contribution in [2.45, 2.75) is 62.6 Å². The van der Waals surface area contributed by atoms with E-state index in [9.17, 15) is 14.9 Å². The normalized spacial score (nSPS) is 25.0. The summed E-state index contributed by atoms with van der Waals surface area (Å²) < 4.78 is 18.2. The maximum Gasteiger partial charge on any atom is 0.319 e. The van der Waals surface area contributed by atoms with E-state index < -0.39 is 5.60 Å². The summed E-state index contributed by atoms with van der Waals surface area (Å²) in [7, 11) is 3.72. The first kappa shape index (κ1) is 28.9. The van der Waals surface area contributed by atoms with E-state index in [1.54, 1.807) is 12.0 Å². The van der Waals surface area contributed by atoms with Crippen LogP contribution in [0.5, 0.6) is 17.5 Å². The molecule has 11 heteroatoms. The summed E-state index contributed by atoms with van der Waals surface area (Å²) in [4.78, 5) is 42.5. The summed E-state index contributed by atoms with van der Waals surface area (Å²) in [6.45, 7) is 6.39. The van der Waals surface area contributed by atoms with Gasteiger partial charge in [-0.1, -0.05) is 12.6 Å². The second kappa shape index (κ2) is 11.8. The third-order valence-corrected chi connectivity index (χ3v) is 9.41. The number of methoxy groups -OCH3 is 1. The molecule has 43 heavy (non-hydrogen) atoms. The van der Waals surface area contributed by atoms with Gasteiger partial charge in [-0.15, -0.1) is 0 Å². The molecule has 1 spiro atoms. The van der Waals surface area contributed by atoms with Crippen LogP contribution in [0.25, 0.3) is 0 Å². The van der Waals surface area contributed by atoms with E-state index in [0.29, 0.717) is 69.2 Å². The van der Waals surface area contributed by atoms with Crippen LogP contribution in [0.2, 0.25) is 0 Å². The summed E-state index contributed by atoms with van der Waals surface area (Å²) in [5.41, 5.74) is 1.04. The van der Waals surface area contributed by atoms with E-state index in [-0.39, 0.29) is 36.2 Å². The molecule has 1 amide bonds. The number of nitriles is 1. The Kier molecular flexibility index (Phi) is 7.97. The van der Waals surface area contributed by atoms with Crippen LogP contribution >= 0.6 is 0 Å². The molecule has 2 saturated heterocycles. The molecular weight excluding hydrogens is 548 g/mol. The van der Waals surface area contributed by atoms with E-state index >= 15 is 0 Å². The van der Waals surface area contributed by atoms with Crippen LogP contribution in [0.1, 0.15) is 53.7 Å².